The number of tetrazole rings is 1. The van der Waals surface area contributed by atoms with Gasteiger partial charge in [0.15, 0.2) is 29.6 Å². The van der Waals surface area contributed by atoms with Gasteiger partial charge in [-0.25, -0.2) is 22.0 Å². The predicted octanol–water partition coefficient (Wildman–Crippen LogP) is 6.36. The van der Waals surface area contributed by atoms with Crippen molar-refractivity contribution in [1.29, 1.82) is 0 Å². The molecule has 0 saturated carbocycles. The van der Waals surface area contributed by atoms with Crippen LogP contribution in [0.2, 0.25) is 0 Å². The number of amides is 1. The zero-order valence-electron chi connectivity index (χ0n) is 25.7. The summed E-state index contributed by atoms with van der Waals surface area (Å²) in [5.74, 6) is -12.3. The van der Waals surface area contributed by atoms with Crippen molar-refractivity contribution >= 4 is 17.7 Å². The zero-order valence-corrected chi connectivity index (χ0v) is 26.5. The van der Waals surface area contributed by atoms with Crippen LogP contribution in [0.5, 0.6) is 0 Å². The van der Waals surface area contributed by atoms with Crippen molar-refractivity contribution in [3.05, 3.63) is 136 Å². The number of aliphatic hydroxyl groups excluding tert-OH is 1. The highest BCUT2D eigenvalue weighted by molar-refractivity contribution is 7.99. The summed E-state index contributed by atoms with van der Waals surface area (Å²) in [6, 6.07) is 23.5. The molecule has 2 heterocycles. The van der Waals surface area contributed by atoms with Gasteiger partial charge in [0.05, 0.1) is 24.5 Å². The van der Waals surface area contributed by atoms with Gasteiger partial charge in [-0.15, -0.1) is 5.10 Å². The molecule has 49 heavy (non-hydrogen) atoms. The number of carbonyl (C=O) groups excluding carboxylic acids is 1. The van der Waals surface area contributed by atoms with E-state index < -0.39 is 53.0 Å². The molecule has 1 fully saturated rings. The third-order valence-electron chi connectivity index (χ3n) is 8.08. The molecule has 1 aromatic heterocycles. The Balaban J connectivity index is 1.19. The van der Waals surface area contributed by atoms with Crippen molar-refractivity contribution in [2.24, 2.45) is 5.92 Å². The number of para-hydroxylation sites is 1. The molecule has 0 radical (unpaired) electrons. The van der Waals surface area contributed by atoms with Crippen molar-refractivity contribution in [1.82, 2.24) is 25.5 Å². The Hall–Kier alpha value is -4.70. The summed E-state index contributed by atoms with van der Waals surface area (Å²) in [6.45, 7) is 1.65. The van der Waals surface area contributed by atoms with Crippen LogP contribution in [0.15, 0.2) is 84.0 Å². The van der Waals surface area contributed by atoms with Gasteiger partial charge >= 0.3 is 0 Å². The number of nitrogens with zero attached hydrogens (tertiary/aromatic N) is 4. The smallest absolute Gasteiger partial charge is 0.257 e. The number of halogens is 5. The lowest BCUT2D eigenvalue weighted by molar-refractivity contribution is -0.268. The summed E-state index contributed by atoms with van der Waals surface area (Å²) in [5, 5.41) is 24.4. The van der Waals surface area contributed by atoms with Crippen molar-refractivity contribution in [2.75, 3.05) is 5.75 Å². The van der Waals surface area contributed by atoms with Gasteiger partial charge in [0.25, 0.3) is 5.91 Å². The molecule has 0 spiro atoms. The number of hydrogen-bond donors (Lipinski definition) is 2. The Morgan fingerprint density at radius 3 is 2.10 bits per heavy atom. The van der Waals surface area contributed by atoms with Crippen LogP contribution in [0.25, 0.3) is 5.69 Å². The molecular weight excluding hydrogens is 669 g/mol. The maximum Gasteiger partial charge on any atom is 0.257 e. The number of carbonyl (C=O) groups is 1. The van der Waals surface area contributed by atoms with E-state index in [0.717, 1.165) is 16.8 Å². The van der Waals surface area contributed by atoms with Crippen LogP contribution < -0.4 is 5.32 Å². The molecule has 4 aromatic carbocycles. The number of thioether (sulfide) groups is 1. The topological polar surface area (TPSA) is 111 Å². The third kappa shape index (κ3) is 7.20. The first kappa shape index (κ1) is 34.2. The summed E-state index contributed by atoms with van der Waals surface area (Å²) in [5.41, 5.74) is 1.98. The Bertz CT molecular complexity index is 1900. The number of aromatic nitrogens is 4. The maximum atomic E-state index is 14.1. The van der Waals surface area contributed by atoms with Crippen molar-refractivity contribution in [3.63, 3.8) is 0 Å². The summed E-state index contributed by atoms with van der Waals surface area (Å²) in [6.07, 6.45) is -1.57. The molecule has 254 valence electrons. The molecule has 4 atom stereocenters. The number of aliphatic hydroxyl groups is 1. The van der Waals surface area contributed by atoms with E-state index >= 15 is 0 Å². The van der Waals surface area contributed by atoms with E-state index in [1.165, 1.54) is 11.8 Å². The zero-order chi connectivity index (χ0) is 34.7. The van der Waals surface area contributed by atoms with Crippen molar-refractivity contribution in [3.8, 4) is 5.69 Å². The average Bonchev–Trinajstić information content (AvgIpc) is 3.61. The summed E-state index contributed by atoms with van der Waals surface area (Å²) in [4.78, 5) is 12.4. The highest BCUT2D eigenvalue weighted by Crippen LogP contribution is 2.43. The van der Waals surface area contributed by atoms with Gasteiger partial charge in [-0.1, -0.05) is 85.4 Å². The molecule has 2 N–H and O–H groups in total. The molecule has 1 amide bonds. The summed E-state index contributed by atoms with van der Waals surface area (Å²) < 4.78 is 83.3. The molecule has 0 bridgehead atoms. The number of benzene rings is 4. The standard InChI is InChI=1S/C34H28F5N5O4S/c1-18-24(17-49-34-41-42-43-44(34)23-5-3-2-4-6-23)47-33(48-31(18)21-11-9-20(16-45)10-12-21)22-13-7-19(8-14-22)15-40-32(46)25-26(35)28(37)30(39)29(38)27(25)36/h2-14,18,24,31,33,45H,15-17H2,1H3,(H,40,46)/t18-,24+,31+,33+/m1/s1. The minimum absolute atomic E-state index is 0.100. The van der Waals surface area contributed by atoms with Gasteiger partial charge in [-0.05, 0) is 39.2 Å². The molecule has 15 heteroatoms. The van der Waals surface area contributed by atoms with Crippen LogP contribution in [0, 0.1) is 35.0 Å². The van der Waals surface area contributed by atoms with E-state index in [0.29, 0.717) is 22.0 Å². The maximum absolute atomic E-state index is 14.1. The van der Waals surface area contributed by atoms with Crippen LogP contribution in [-0.4, -0.2) is 43.1 Å². The van der Waals surface area contributed by atoms with Gasteiger partial charge in [0.2, 0.25) is 11.0 Å². The summed E-state index contributed by atoms with van der Waals surface area (Å²) in [7, 11) is 0. The quantitative estimate of drug-likeness (QED) is 0.0751. The van der Waals surface area contributed by atoms with Crippen LogP contribution in [0.3, 0.4) is 0 Å². The van der Waals surface area contributed by atoms with E-state index in [-0.39, 0.29) is 25.2 Å². The molecule has 1 aliphatic rings. The van der Waals surface area contributed by atoms with E-state index in [2.05, 4.69) is 20.8 Å². The molecule has 0 unspecified atom stereocenters. The first-order valence-corrected chi connectivity index (χ1v) is 16.0. The molecule has 6 rings (SSSR count). The predicted molar refractivity (Wildman–Crippen MR) is 167 cm³/mol. The average molecular weight is 698 g/mol. The largest absolute Gasteiger partial charge is 0.392 e. The highest BCUT2D eigenvalue weighted by atomic mass is 32.2. The van der Waals surface area contributed by atoms with Crippen molar-refractivity contribution < 1.29 is 41.3 Å². The second-order valence-electron chi connectivity index (χ2n) is 11.2. The van der Waals surface area contributed by atoms with E-state index in [9.17, 15) is 31.9 Å². The lowest BCUT2D eigenvalue weighted by atomic mass is 9.91. The lowest BCUT2D eigenvalue weighted by Gasteiger charge is -2.41. The Morgan fingerprint density at radius 2 is 1.45 bits per heavy atom. The lowest BCUT2D eigenvalue weighted by Crippen LogP contribution is -2.38. The first-order chi connectivity index (χ1) is 23.7. The fraction of sp³-hybridized carbons (Fsp3) is 0.235. The molecule has 9 nitrogen and oxygen atoms in total. The molecule has 5 aromatic rings. The van der Waals surface area contributed by atoms with E-state index in [1.54, 1.807) is 28.9 Å². The van der Waals surface area contributed by atoms with Gasteiger partial charge in [-0.2, -0.15) is 4.68 Å². The second-order valence-corrected chi connectivity index (χ2v) is 12.2. The van der Waals surface area contributed by atoms with Crippen LogP contribution >= 0.6 is 11.8 Å². The normalized spacial score (nSPS) is 19.2. The fourth-order valence-electron chi connectivity index (χ4n) is 5.33. The third-order valence-corrected chi connectivity index (χ3v) is 9.09. The van der Waals surface area contributed by atoms with Gasteiger partial charge in [-0.3, -0.25) is 4.79 Å². The van der Waals surface area contributed by atoms with Gasteiger partial charge in [0.1, 0.15) is 5.56 Å². The van der Waals surface area contributed by atoms with Crippen LogP contribution in [0.1, 0.15) is 51.9 Å². The number of nitrogens with one attached hydrogen (secondary N) is 1. The van der Waals surface area contributed by atoms with Crippen LogP contribution in [-0.2, 0) is 22.6 Å². The number of hydrogen-bond acceptors (Lipinski definition) is 8. The number of ether oxygens (including phenoxy) is 2. The molecule has 1 saturated heterocycles. The molecule has 1 aliphatic heterocycles. The SMILES string of the molecule is C[C@@H]1[C@H](CSc2nnnn2-c2ccccc2)O[C@H](c2ccc(CNC(=O)c3c(F)c(F)c(F)c(F)c3F)cc2)O[C@@H]1c1ccc(CO)cc1. The summed E-state index contributed by atoms with van der Waals surface area (Å²) >= 11 is 1.43. The van der Waals surface area contributed by atoms with Gasteiger partial charge < -0.3 is 19.9 Å². The Kier molecular flexibility index (Phi) is 10.3. The monoisotopic (exact) mass is 697 g/mol. The Labute approximate surface area is 281 Å². The minimum Gasteiger partial charge on any atom is -0.392 e. The number of rotatable bonds is 10. The molecular formula is C34H28F5N5O4S. The second kappa shape index (κ2) is 14.8. The molecule has 0 aliphatic carbocycles. The van der Waals surface area contributed by atoms with E-state index in [4.69, 9.17) is 9.47 Å². The first-order valence-electron chi connectivity index (χ1n) is 15.0. The Morgan fingerprint density at radius 1 is 0.837 bits per heavy atom. The van der Waals surface area contributed by atoms with Gasteiger partial charge in [0, 0.05) is 23.8 Å². The van der Waals surface area contributed by atoms with Crippen molar-refractivity contribution in [2.45, 2.75) is 43.7 Å². The van der Waals surface area contributed by atoms with E-state index in [1.807, 2.05) is 61.5 Å². The highest BCUT2D eigenvalue weighted by Gasteiger charge is 2.39. The minimum atomic E-state index is -2.35. The fourth-order valence-corrected chi connectivity index (χ4v) is 6.39. The van der Waals surface area contributed by atoms with Crippen LogP contribution in [0.4, 0.5) is 22.0 Å².